The summed E-state index contributed by atoms with van der Waals surface area (Å²) >= 11 is 6.26. The summed E-state index contributed by atoms with van der Waals surface area (Å²) in [6, 6.07) is 1.54. The van der Waals surface area contributed by atoms with Gasteiger partial charge in [0.25, 0.3) is 5.91 Å². The lowest BCUT2D eigenvalue weighted by Gasteiger charge is -2.38. The van der Waals surface area contributed by atoms with Crippen LogP contribution in [0.5, 0.6) is 5.75 Å². The molecular weight excluding hydrogens is 368 g/mol. The third kappa shape index (κ3) is 4.48. The van der Waals surface area contributed by atoms with E-state index in [4.69, 9.17) is 32.5 Å². The molecule has 0 saturated carbocycles. The molecule has 2 heterocycles. The number of nitrogens with two attached hydrogens (primary N) is 2. The van der Waals surface area contributed by atoms with Gasteiger partial charge in [0.05, 0.1) is 35.0 Å². The highest BCUT2D eigenvalue weighted by atomic mass is 35.5. The van der Waals surface area contributed by atoms with E-state index in [9.17, 15) is 4.79 Å². The van der Waals surface area contributed by atoms with E-state index in [2.05, 4.69) is 10.2 Å². The molecule has 7 nitrogen and oxygen atoms in total. The molecule has 2 aliphatic heterocycles. The fourth-order valence-corrected chi connectivity index (χ4v) is 4.08. The van der Waals surface area contributed by atoms with Gasteiger partial charge in [0.1, 0.15) is 5.75 Å². The lowest BCUT2D eigenvalue weighted by molar-refractivity contribution is 0.00629. The molecule has 1 aromatic carbocycles. The molecule has 5 N–H and O–H groups in total. The maximum atomic E-state index is 13.0. The van der Waals surface area contributed by atoms with Gasteiger partial charge in [-0.3, -0.25) is 4.79 Å². The summed E-state index contributed by atoms with van der Waals surface area (Å²) < 4.78 is 11.4. The predicted octanol–water partition coefficient (Wildman–Crippen LogP) is 1.42. The summed E-state index contributed by atoms with van der Waals surface area (Å²) in [5.41, 5.74) is 13.5. The van der Waals surface area contributed by atoms with Crippen LogP contribution in [-0.4, -0.2) is 62.8 Å². The van der Waals surface area contributed by atoms with Gasteiger partial charge in [0.15, 0.2) is 0 Å². The van der Waals surface area contributed by atoms with Crippen LogP contribution in [0.3, 0.4) is 0 Å². The van der Waals surface area contributed by atoms with Crippen LogP contribution in [0.15, 0.2) is 6.07 Å². The summed E-state index contributed by atoms with van der Waals surface area (Å²) in [5, 5.41) is 3.51. The summed E-state index contributed by atoms with van der Waals surface area (Å²) in [7, 11) is 1.68. The van der Waals surface area contributed by atoms with E-state index in [-0.39, 0.29) is 18.1 Å². The van der Waals surface area contributed by atoms with Crippen LogP contribution < -0.4 is 21.5 Å². The second-order valence-electron chi connectivity index (χ2n) is 7.16. The number of halogens is 1. The number of likely N-dealkylation sites (tertiary alicyclic amines) is 1. The van der Waals surface area contributed by atoms with E-state index in [1.807, 2.05) is 0 Å². The summed E-state index contributed by atoms with van der Waals surface area (Å²) in [5.74, 6) is 0.368. The highest BCUT2D eigenvalue weighted by Crippen LogP contribution is 2.38. The summed E-state index contributed by atoms with van der Waals surface area (Å²) in [6.07, 6.45) is 3.34. The van der Waals surface area contributed by atoms with Crippen LogP contribution in [-0.2, 0) is 11.2 Å². The van der Waals surface area contributed by atoms with E-state index in [1.165, 1.54) is 0 Å². The Bertz CT molecular complexity index is 685. The van der Waals surface area contributed by atoms with Gasteiger partial charge >= 0.3 is 0 Å². The number of nitrogens with one attached hydrogen (secondary N) is 1. The lowest BCUT2D eigenvalue weighted by atomic mass is 9.98. The van der Waals surface area contributed by atoms with Crippen molar-refractivity contribution in [3.8, 4) is 5.75 Å². The standard InChI is InChI=1S/C19H29ClN4O3/c1-26-16-11-24(7-3-6-21)8-5-15(16)23-19(25)13-10-14(20)17(22)12-4-2-9-27-18(12)13/h10,15-16H,2-9,11,21-22H2,1H3,(H,23,25). The second kappa shape index (κ2) is 9.10. The van der Waals surface area contributed by atoms with Crippen molar-refractivity contribution in [1.29, 1.82) is 0 Å². The largest absolute Gasteiger partial charge is 0.492 e. The molecule has 1 fully saturated rings. The van der Waals surface area contributed by atoms with Crippen molar-refractivity contribution < 1.29 is 14.3 Å². The lowest BCUT2D eigenvalue weighted by Crippen LogP contribution is -2.55. The second-order valence-corrected chi connectivity index (χ2v) is 7.57. The van der Waals surface area contributed by atoms with Gasteiger partial charge in [0.2, 0.25) is 0 Å². The molecule has 27 heavy (non-hydrogen) atoms. The number of benzene rings is 1. The number of piperidine rings is 1. The fraction of sp³-hybridized carbons (Fsp3) is 0.632. The third-order valence-corrected chi connectivity index (χ3v) is 5.69. The monoisotopic (exact) mass is 396 g/mol. The minimum absolute atomic E-state index is 0.0628. The zero-order valence-electron chi connectivity index (χ0n) is 15.8. The Morgan fingerprint density at radius 1 is 1.52 bits per heavy atom. The van der Waals surface area contributed by atoms with Crippen molar-refractivity contribution in [3.63, 3.8) is 0 Å². The van der Waals surface area contributed by atoms with Crippen LogP contribution in [0.25, 0.3) is 0 Å². The van der Waals surface area contributed by atoms with Crippen LogP contribution >= 0.6 is 11.6 Å². The van der Waals surface area contributed by atoms with E-state index in [0.717, 1.165) is 50.9 Å². The number of methoxy groups -OCH3 is 1. The van der Waals surface area contributed by atoms with Crippen molar-refractivity contribution in [2.75, 3.05) is 45.6 Å². The number of anilines is 1. The van der Waals surface area contributed by atoms with E-state index >= 15 is 0 Å². The molecule has 1 saturated heterocycles. The van der Waals surface area contributed by atoms with Gasteiger partial charge in [-0.1, -0.05) is 11.6 Å². The number of carbonyl (C=O) groups excluding carboxylic acids is 1. The number of rotatable bonds is 6. The highest BCUT2D eigenvalue weighted by molar-refractivity contribution is 6.33. The number of hydrogen-bond acceptors (Lipinski definition) is 6. The van der Waals surface area contributed by atoms with Gasteiger partial charge in [-0.2, -0.15) is 0 Å². The van der Waals surface area contributed by atoms with Crippen molar-refractivity contribution >= 4 is 23.2 Å². The Kier molecular flexibility index (Phi) is 6.81. The Balaban J connectivity index is 1.73. The van der Waals surface area contributed by atoms with Crippen LogP contribution in [0.2, 0.25) is 5.02 Å². The molecule has 2 atom stereocenters. The Hall–Kier alpha value is -1.54. The summed E-state index contributed by atoms with van der Waals surface area (Å²) in [4.78, 5) is 15.3. The number of fused-ring (bicyclic) bond motifs is 1. The molecule has 0 aromatic heterocycles. The first-order valence-corrected chi connectivity index (χ1v) is 9.92. The number of nitrogens with zero attached hydrogens (tertiary/aromatic N) is 1. The zero-order valence-corrected chi connectivity index (χ0v) is 16.6. The minimum Gasteiger partial charge on any atom is -0.492 e. The maximum Gasteiger partial charge on any atom is 0.255 e. The molecule has 0 aliphatic carbocycles. The van der Waals surface area contributed by atoms with E-state index in [1.54, 1.807) is 13.2 Å². The SMILES string of the molecule is COC1CN(CCCN)CCC1NC(=O)c1cc(Cl)c(N)c2c1OCCC2. The average Bonchev–Trinajstić information content (AvgIpc) is 2.69. The third-order valence-electron chi connectivity index (χ3n) is 5.38. The van der Waals surface area contributed by atoms with E-state index < -0.39 is 0 Å². The first-order valence-electron chi connectivity index (χ1n) is 9.54. The summed E-state index contributed by atoms with van der Waals surface area (Å²) in [6.45, 7) is 3.89. The normalized spacial score (nSPS) is 22.8. The zero-order chi connectivity index (χ0) is 19.4. The number of ether oxygens (including phenoxy) is 2. The fourth-order valence-electron chi connectivity index (χ4n) is 3.85. The molecule has 0 spiro atoms. The number of nitrogen functional groups attached to an aromatic ring is 1. The van der Waals surface area contributed by atoms with Gasteiger partial charge in [0, 0.05) is 25.8 Å². The van der Waals surface area contributed by atoms with Gasteiger partial charge in [-0.15, -0.1) is 0 Å². The van der Waals surface area contributed by atoms with Crippen LogP contribution in [0.1, 0.15) is 35.2 Å². The quantitative estimate of drug-likeness (QED) is 0.628. The predicted molar refractivity (Wildman–Crippen MR) is 106 cm³/mol. The maximum absolute atomic E-state index is 13.0. The molecule has 0 radical (unpaired) electrons. The van der Waals surface area contributed by atoms with Crippen molar-refractivity contribution in [3.05, 3.63) is 22.2 Å². The molecule has 1 amide bonds. The molecule has 8 heteroatoms. The number of amides is 1. The number of carbonyl (C=O) groups is 1. The van der Waals surface area contributed by atoms with Crippen molar-refractivity contribution in [2.24, 2.45) is 5.73 Å². The first kappa shape index (κ1) is 20.2. The van der Waals surface area contributed by atoms with Crippen LogP contribution in [0.4, 0.5) is 5.69 Å². The Labute approximate surface area is 165 Å². The Morgan fingerprint density at radius 2 is 2.33 bits per heavy atom. The average molecular weight is 397 g/mol. The molecule has 2 unspecified atom stereocenters. The molecule has 150 valence electrons. The molecule has 2 aliphatic rings. The van der Waals surface area contributed by atoms with Gasteiger partial charge in [-0.25, -0.2) is 0 Å². The first-order chi connectivity index (χ1) is 13.0. The van der Waals surface area contributed by atoms with Gasteiger partial charge < -0.3 is 31.2 Å². The van der Waals surface area contributed by atoms with Gasteiger partial charge in [-0.05, 0) is 44.8 Å². The number of hydrogen-bond donors (Lipinski definition) is 3. The smallest absolute Gasteiger partial charge is 0.255 e. The minimum atomic E-state index is -0.197. The highest BCUT2D eigenvalue weighted by Gasteiger charge is 2.32. The Morgan fingerprint density at radius 3 is 3.07 bits per heavy atom. The molecule has 3 rings (SSSR count). The molecular formula is C19H29ClN4O3. The molecule has 0 bridgehead atoms. The van der Waals surface area contributed by atoms with Crippen molar-refractivity contribution in [2.45, 2.75) is 37.8 Å². The molecule has 1 aromatic rings. The topological polar surface area (TPSA) is 103 Å². The van der Waals surface area contributed by atoms with E-state index in [0.29, 0.717) is 35.2 Å². The van der Waals surface area contributed by atoms with Crippen molar-refractivity contribution in [1.82, 2.24) is 10.2 Å². The van der Waals surface area contributed by atoms with Crippen LogP contribution in [0, 0.1) is 0 Å².